The van der Waals surface area contributed by atoms with Crippen LogP contribution < -0.4 is 10.4 Å². The molecular formula is C26H33N7O3S. The van der Waals surface area contributed by atoms with Gasteiger partial charge < -0.3 is 14.5 Å². The number of amides is 1. The number of aromatic amines is 1. The number of carbonyl (C=O) groups excluding carboxylic acids is 1. The van der Waals surface area contributed by atoms with Crippen molar-refractivity contribution in [2.24, 2.45) is 0 Å². The summed E-state index contributed by atoms with van der Waals surface area (Å²) in [6, 6.07) is 8.28. The average Bonchev–Trinajstić information content (AvgIpc) is 3.57. The Morgan fingerprint density at radius 1 is 1.22 bits per heavy atom. The van der Waals surface area contributed by atoms with E-state index in [9.17, 15) is 4.79 Å². The topological polar surface area (TPSA) is 120 Å². The summed E-state index contributed by atoms with van der Waals surface area (Å²) in [5.74, 6) is 1.38. The second-order valence-corrected chi connectivity index (χ2v) is 10.6. The Labute approximate surface area is 219 Å². The van der Waals surface area contributed by atoms with Gasteiger partial charge in [0.25, 0.3) is 0 Å². The van der Waals surface area contributed by atoms with Crippen LogP contribution in [0.2, 0.25) is 0 Å². The number of nitrogens with zero attached hydrogens (tertiary/aromatic N) is 5. The zero-order valence-corrected chi connectivity index (χ0v) is 21.9. The molecule has 0 atom stereocenters. The van der Waals surface area contributed by atoms with Crippen LogP contribution in [0.3, 0.4) is 0 Å². The number of hydrogen-bond donors (Lipinski definition) is 3. The minimum absolute atomic E-state index is 0.314. The predicted octanol–water partition coefficient (Wildman–Crippen LogP) is 3.96. The third kappa shape index (κ3) is 6.07. The molecule has 10 nitrogen and oxygen atoms in total. The number of ether oxygens (including phenoxy) is 1. The monoisotopic (exact) mass is 523 g/mol. The van der Waals surface area contributed by atoms with E-state index in [1.807, 2.05) is 18.3 Å². The zero-order chi connectivity index (χ0) is 25.6. The van der Waals surface area contributed by atoms with Gasteiger partial charge in [-0.3, -0.25) is 15.1 Å². The minimum atomic E-state index is -0.314. The van der Waals surface area contributed by atoms with Crippen LogP contribution in [0.5, 0.6) is 0 Å². The molecule has 3 aromatic heterocycles. The third-order valence-corrected chi connectivity index (χ3v) is 7.79. The summed E-state index contributed by atoms with van der Waals surface area (Å²) < 4.78 is 6.72. The maximum Gasteiger partial charge on any atom is 0.243 e. The lowest BCUT2D eigenvalue weighted by molar-refractivity contribution is -0.129. The normalized spacial score (nSPS) is 14.2. The van der Waals surface area contributed by atoms with Gasteiger partial charge in [0.05, 0.1) is 35.1 Å². The van der Waals surface area contributed by atoms with E-state index >= 15 is 0 Å². The second-order valence-electron chi connectivity index (χ2n) is 9.47. The van der Waals surface area contributed by atoms with Crippen LogP contribution in [0.1, 0.15) is 37.0 Å². The number of hydroxylamine groups is 1. The Bertz CT molecular complexity index is 1350. The van der Waals surface area contributed by atoms with Gasteiger partial charge in [0.15, 0.2) is 11.6 Å². The highest BCUT2D eigenvalue weighted by molar-refractivity contribution is 7.19. The number of fused-ring (bicyclic) bond motifs is 2. The molecule has 4 heterocycles. The van der Waals surface area contributed by atoms with Gasteiger partial charge in [-0.15, -0.1) is 11.3 Å². The largest absolute Gasteiger partial charge is 0.378 e. The Kier molecular flexibility index (Phi) is 8.24. The first-order chi connectivity index (χ1) is 18.1. The lowest BCUT2D eigenvalue weighted by atomic mass is 10.1. The number of rotatable bonds is 11. The molecule has 1 aliphatic heterocycles. The highest BCUT2D eigenvalue weighted by Crippen LogP contribution is 2.36. The molecule has 0 saturated carbocycles. The summed E-state index contributed by atoms with van der Waals surface area (Å²) >= 11 is 1.77. The standard InChI is InChI=1S/C26H33N7O3S/c1-32(10-5-3-2-4-9-23(34)31-35)17-18-15-22-24(37-18)26(33-11-13-36-14-12-33)29-25(28-22)19-7-6-8-21-20(19)16-27-30-21/h6-8,15-16,35H,2-5,9-14,17H2,1H3,(H,27,30)(H,31,34). The molecule has 3 N–H and O–H groups in total. The van der Waals surface area contributed by atoms with Crippen molar-refractivity contribution in [3.8, 4) is 11.4 Å². The smallest absolute Gasteiger partial charge is 0.243 e. The molecule has 0 aliphatic carbocycles. The van der Waals surface area contributed by atoms with Gasteiger partial charge in [-0.05, 0) is 38.6 Å². The first-order valence-electron chi connectivity index (χ1n) is 12.8. The molecule has 1 aliphatic rings. The van der Waals surface area contributed by atoms with Gasteiger partial charge in [0, 0.05) is 41.9 Å². The number of morpholine rings is 1. The van der Waals surface area contributed by atoms with E-state index in [2.05, 4.69) is 39.2 Å². The number of nitrogens with one attached hydrogen (secondary N) is 2. The zero-order valence-electron chi connectivity index (χ0n) is 21.1. The van der Waals surface area contributed by atoms with Crippen LogP contribution >= 0.6 is 11.3 Å². The molecule has 0 radical (unpaired) electrons. The Morgan fingerprint density at radius 2 is 2.05 bits per heavy atom. The maximum atomic E-state index is 11.1. The summed E-state index contributed by atoms with van der Waals surface area (Å²) in [7, 11) is 2.14. The van der Waals surface area contributed by atoms with E-state index in [0.29, 0.717) is 25.5 Å². The van der Waals surface area contributed by atoms with Crippen LogP contribution in [0.15, 0.2) is 30.5 Å². The van der Waals surface area contributed by atoms with E-state index < -0.39 is 0 Å². The van der Waals surface area contributed by atoms with Crippen LogP contribution in [0.4, 0.5) is 5.82 Å². The highest BCUT2D eigenvalue weighted by atomic mass is 32.1. The number of benzene rings is 1. The summed E-state index contributed by atoms with van der Waals surface area (Å²) in [6.07, 6.45) is 6.11. The van der Waals surface area contributed by atoms with Gasteiger partial charge >= 0.3 is 0 Å². The number of H-pyrrole nitrogens is 1. The van der Waals surface area contributed by atoms with Crippen molar-refractivity contribution in [1.29, 1.82) is 0 Å². The van der Waals surface area contributed by atoms with Gasteiger partial charge in [-0.1, -0.05) is 25.0 Å². The lowest BCUT2D eigenvalue weighted by Gasteiger charge is -2.28. The maximum absolute atomic E-state index is 11.1. The van der Waals surface area contributed by atoms with Gasteiger partial charge in [0.1, 0.15) is 0 Å². The van der Waals surface area contributed by atoms with Crippen LogP contribution in [-0.2, 0) is 16.1 Å². The molecule has 4 aromatic rings. The molecule has 1 saturated heterocycles. The fourth-order valence-corrected chi connectivity index (χ4v) is 5.93. The number of aromatic nitrogens is 4. The van der Waals surface area contributed by atoms with Crippen molar-refractivity contribution in [2.45, 2.75) is 38.6 Å². The fraction of sp³-hybridized carbons (Fsp3) is 0.462. The van der Waals surface area contributed by atoms with Crippen molar-refractivity contribution >= 4 is 44.2 Å². The molecular weight excluding hydrogens is 490 g/mol. The number of thiophene rings is 1. The third-order valence-electron chi connectivity index (χ3n) is 6.69. The first kappa shape index (κ1) is 25.5. The summed E-state index contributed by atoms with van der Waals surface area (Å²) in [5, 5.41) is 16.8. The molecule has 196 valence electrons. The van der Waals surface area contributed by atoms with Crippen molar-refractivity contribution in [3.63, 3.8) is 0 Å². The number of hydrogen-bond acceptors (Lipinski definition) is 9. The van der Waals surface area contributed by atoms with E-state index in [1.165, 1.54) is 4.88 Å². The van der Waals surface area contributed by atoms with Crippen LogP contribution in [-0.4, -0.2) is 76.1 Å². The van der Waals surface area contributed by atoms with Crippen molar-refractivity contribution in [2.75, 3.05) is 44.8 Å². The van der Waals surface area contributed by atoms with Gasteiger partial charge in [-0.2, -0.15) is 5.10 Å². The number of unbranched alkanes of at least 4 members (excludes halogenated alkanes) is 3. The molecule has 1 fully saturated rings. The Hall–Kier alpha value is -3.12. The van der Waals surface area contributed by atoms with Crippen molar-refractivity contribution < 1.29 is 14.7 Å². The summed E-state index contributed by atoms with van der Waals surface area (Å²) in [6.45, 7) is 4.86. The van der Waals surface area contributed by atoms with Crippen molar-refractivity contribution in [3.05, 3.63) is 35.3 Å². The van der Waals surface area contributed by atoms with E-state index in [4.69, 9.17) is 19.9 Å². The molecule has 5 rings (SSSR count). The molecule has 0 bridgehead atoms. The SMILES string of the molecule is CN(CCCCCCC(=O)NO)Cc1cc2nc(-c3cccc4[nH]ncc34)nc(N3CCOCC3)c2s1. The van der Waals surface area contributed by atoms with E-state index in [0.717, 1.165) is 84.4 Å². The van der Waals surface area contributed by atoms with Crippen molar-refractivity contribution in [1.82, 2.24) is 30.5 Å². The summed E-state index contributed by atoms with van der Waals surface area (Å²) in [4.78, 5) is 27.1. The van der Waals surface area contributed by atoms with E-state index in [1.54, 1.807) is 16.8 Å². The molecule has 0 unspecified atom stereocenters. The van der Waals surface area contributed by atoms with Crippen LogP contribution in [0, 0.1) is 0 Å². The number of anilines is 1. The fourth-order valence-electron chi connectivity index (χ4n) is 4.74. The molecule has 1 amide bonds. The molecule has 0 spiro atoms. The Balaban J connectivity index is 1.33. The second kappa shape index (κ2) is 12.0. The quantitative estimate of drug-likeness (QED) is 0.154. The van der Waals surface area contributed by atoms with Gasteiger partial charge in [-0.25, -0.2) is 15.4 Å². The summed E-state index contributed by atoms with van der Waals surface area (Å²) in [5.41, 5.74) is 4.61. The molecule has 1 aromatic carbocycles. The molecule has 37 heavy (non-hydrogen) atoms. The average molecular weight is 524 g/mol. The molecule has 11 heteroatoms. The Morgan fingerprint density at radius 3 is 2.89 bits per heavy atom. The van der Waals surface area contributed by atoms with E-state index in [-0.39, 0.29) is 5.91 Å². The lowest BCUT2D eigenvalue weighted by Crippen LogP contribution is -2.36. The first-order valence-corrected chi connectivity index (χ1v) is 13.6. The predicted molar refractivity (Wildman–Crippen MR) is 145 cm³/mol. The number of carbonyl (C=O) groups is 1. The minimum Gasteiger partial charge on any atom is -0.378 e. The van der Waals surface area contributed by atoms with Crippen LogP contribution in [0.25, 0.3) is 32.5 Å². The van der Waals surface area contributed by atoms with Gasteiger partial charge in [0.2, 0.25) is 5.91 Å². The highest BCUT2D eigenvalue weighted by Gasteiger charge is 2.21.